The molecule has 0 unspecified atom stereocenters. The van der Waals surface area contributed by atoms with Crippen LogP contribution in [0.4, 0.5) is 11.4 Å². The Morgan fingerprint density at radius 1 is 1.18 bits per heavy atom. The summed E-state index contributed by atoms with van der Waals surface area (Å²) in [4.78, 5) is 46.1. The number of nitrogens with zero attached hydrogens (tertiary/aromatic N) is 1. The molecule has 0 spiro atoms. The van der Waals surface area contributed by atoms with Crippen molar-refractivity contribution in [2.24, 2.45) is 0 Å². The van der Waals surface area contributed by atoms with Crippen LogP contribution in [-0.4, -0.2) is 34.4 Å². The molecule has 0 heterocycles. The van der Waals surface area contributed by atoms with Crippen LogP contribution >= 0.6 is 11.8 Å². The number of nitrogens with one attached hydrogen (secondary N) is 1. The lowest BCUT2D eigenvalue weighted by atomic mass is 10.1. The molecule has 0 saturated heterocycles. The van der Waals surface area contributed by atoms with Gasteiger partial charge in [-0.3, -0.25) is 24.5 Å². The molecule has 1 amide bonds. The number of non-ortho nitro benzene ring substituents is 1. The molecule has 0 aliphatic heterocycles. The van der Waals surface area contributed by atoms with E-state index in [9.17, 15) is 24.5 Å². The Hall–Kier alpha value is -3.20. The molecule has 2 aromatic carbocycles. The minimum atomic E-state index is -0.602. The highest BCUT2D eigenvalue weighted by molar-refractivity contribution is 8.00. The number of anilines is 1. The van der Waals surface area contributed by atoms with Crippen LogP contribution in [0.25, 0.3) is 0 Å². The van der Waals surface area contributed by atoms with E-state index >= 15 is 0 Å². The van der Waals surface area contributed by atoms with Crippen LogP contribution in [0.2, 0.25) is 0 Å². The molecular weight excluding hydrogens is 384 g/mol. The Balaban J connectivity index is 1.83. The van der Waals surface area contributed by atoms with Crippen LogP contribution in [0, 0.1) is 10.1 Å². The van der Waals surface area contributed by atoms with E-state index in [0.717, 1.165) is 0 Å². The lowest BCUT2D eigenvalue weighted by Gasteiger charge is -2.11. The number of rotatable bonds is 8. The number of ketones is 1. The maximum Gasteiger partial charge on any atom is 0.319 e. The van der Waals surface area contributed by atoms with Crippen molar-refractivity contribution in [3.8, 4) is 0 Å². The van der Waals surface area contributed by atoms with Gasteiger partial charge in [0.2, 0.25) is 0 Å². The predicted octanol–water partition coefficient (Wildman–Crippen LogP) is 3.46. The van der Waals surface area contributed by atoms with E-state index in [1.54, 1.807) is 37.3 Å². The number of thioether (sulfide) groups is 1. The summed E-state index contributed by atoms with van der Waals surface area (Å²) in [6, 6.07) is 12.2. The number of hydrogen-bond donors (Lipinski definition) is 1. The number of esters is 1. The number of benzene rings is 2. The van der Waals surface area contributed by atoms with E-state index in [0.29, 0.717) is 16.1 Å². The number of hydrogen-bond acceptors (Lipinski definition) is 7. The highest BCUT2D eigenvalue weighted by atomic mass is 32.2. The Bertz CT molecular complexity index is 898. The minimum Gasteiger partial charge on any atom is -0.455 e. The third kappa shape index (κ3) is 6.20. The zero-order valence-electron chi connectivity index (χ0n) is 15.2. The lowest BCUT2D eigenvalue weighted by molar-refractivity contribution is -0.384. The zero-order valence-corrected chi connectivity index (χ0v) is 16.0. The molecule has 2 rings (SSSR count). The van der Waals surface area contributed by atoms with E-state index in [1.165, 1.54) is 36.9 Å². The molecule has 0 bridgehead atoms. The maximum absolute atomic E-state index is 12.0. The first-order chi connectivity index (χ1) is 13.3. The van der Waals surface area contributed by atoms with Crippen LogP contribution in [0.1, 0.15) is 24.2 Å². The third-order valence-electron chi connectivity index (χ3n) is 3.59. The average Bonchev–Trinajstić information content (AvgIpc) is 2.66. The number of carbonyl (C=O) groups excluding carboxylic acids is 3. The third-order valence-corrected chi connectivity index (χ3v) is 4.68. The SMILES string of the molecule is CC(=O)c1cccc(NC(=O)COC(=O)[C@@H](C)Sc2ccc([N+](=O)[O-])cc2)c1. The van der Waals surface area contributed by atoms with E-state index in [-0.39, 0.29) is 11.5 Å². The van der Waals surface area contributed by atoms with Crippen molar-refractivity contribution in [1.29, 1.82) is 0 Å². The largest absolute Gasteiger partial charge is 0.455 e. The first kappa shape index (κ1) is 21.1. The molecule has 9 heteroatoms. The van der Waals surface area contributed by atoms with Gasteiger partial charge in [0.05, 0.1) is 4.92 Å². The number of Topliss-reactive ketones (excluding diaryl/α,β-unsaturated/α-hetero) is 1. The zero-order chi connectivity index (χ0) is 20.7. The summed E-state index contributed by atoms with van der Waals surface area (Å²) in [6.07, 6.45) is 0. The van der Waals surface area contributed by atoms with Crippen LogP contribution < -0.4 is 5.32 Å². The second-order valence-corrected chi connectivity index (χ2v) is 7.22. The second kappa shape index (κ2) is 9.65. The van der Waals surface area contributed by atoms with Crippen molar-refractivity contribution in [3.05, 3.63) is 64.2 Å². The van der Waals surface area contributed by atoms with Gasteiger partial charge in [0.15, 0.2) is 12.4 Å². The number of carbonyl (C=O) groups is 3. The smallest absolute Gasteiger partial charge is 0.319 e. The van der Waals surface area contributed by atoms with Crippen LogP contribution in [0.3, 0.4) is 0 Å². The normalized spacial score (nSPS) is 11.4. The predicted molar refractivity (Wildman–Crippen MR) is 104 cm³/mol. The molecule has 1 atom stereocenters. The van der Waals surface area contributed by atoms with Crippen LogP contribution in [0.15, 0.2) is 53.4 Å². The molecule has 0 fully saturated rings. The van der Waals surface area contributed by atoms with Crippen molar-refractivity contribution in [3.63, 3.8) is 0 Å². The highest BCUT2D eigenvalue weighted by Crippen LogP contribution is 2.26. The fourth-order valence-corrected chi connectivity index (χ4v) is 3.03. The van der Waals surface area contributed by atoms with Gasteiger partial charge in [-0.15, -0.1) is 11.8 Å². The first-order valence-corrected chi connectivity index (χ1v) is 9.13. The quantitative estimate of drug-likeness (QED) is 0.236. The van der Waals surface area contributed by atoms with Gasteiger partial charge in [0, 0.05) is 28.3 Å². The molecule has 28 heavy (non-hydrogen) atoms. The molecule has 1 N–H and O–H groups in total. The topological polar surface area (TPSA) is 116 Å². The van der Waals surface area contributed by atoms with Crippen LogP contribution in [-0.2, 0) is 14.3 Å². The molecule has 0 aliphatic carbocycles. The van der Waals surface area contributed by atoms with Crippen molar-refractivity contribution in [2.75, 3.05) is 11.9 Å². The number of nitro groups is 1. The summed E-state index contributed by atoms with van der Waals surface area (Å²) in [7, 11) is 0. The van der Waals surface area contributed by atoms with E-state index in [4.69, 9.17) is 4.74 Å². The lowest BCUT2D eigenvalue weighted by Crippen LogP contribution is -2.24. The average molecular weight is 402 g/mol. The van der Waals surface area contributed by atoms with E-state index in [2.05, 4.69) is 5.32 Å². The van der Waals surface area contributed by atoms with Gasteiger partial charge < -0.3 is 10.1 Å². The van der Waals surface area contributed by atoms with Gasteiger partial charge in [-0.2, -0.15) is 0 Å². The van der Waals surface area contributed by atoms with Gasteiger partial charge in [-0.05, 0) is 38.1 Å². The van der Waals surface area contributed by atoms with Gasteiger partial charge >= 0.3 is 5.97 Å². The number of amides is 1. The summed E-state index contributed by atoms with van der Waals surface area (Å²) in [5.41, 5.74) is 0.857. The molecule has 0 aromatic heterocycles. The standard InChI is InChI=1S/C19H18N2O6S/c1-12(22)14-4-3-5-15(10-14)20-18(23)11-27-19(24)13(2)28-17-8-6-16(7-9-17)21(25)26/h3-10,13H,11H2,1-2H3,(H,20,23)/t13-/m1/s1. The van der Waals surface area contributed by atoms with Crippen LogP contribution in [0.5, 0.6) is 0 Å². The molecule has 0 aliphatic rings. The summed E-state index contributed by atoms with van der Waals surface area (Å²) >= 11 is 1.17. The van der Waals surface area contributed by atoms with E-state index in [1.807, 2.05) is 0 Å². The van der Waals surface area contributed by atoms with Gasteiger partial charge in [0.25, 0.3) is 11.6 Å². The minimum absolute atomic E-state index is 0.0370. The summed E-state index contributed by atoms with van der Waals surface area (Å²) in [5, 5.41) is 12.6. The molecule has 0 saturated carbocycles. The fraction of sp³-hybridized carbons (Fsp3) is 0.211. The summed E-state index contributed by atoms with van der Waals surface area (Å²) in [6.45, 7) is 2.57. The number of nitro benzene ring substituents is 1. The van der Waals surface area contributed by atoms with Gasteiger partial charge in [0.1, 0.15) is 5.25 Å². The van der Waals surface area contributed by atoms with Gasteiger partial charge in [-0.1, -0.05) is 12.1 Å². The monoisotopic (exact) mass is 402 g/mol. The first-order valence-electron chi connectivity index (χ1n) is 8.25. The molecule has 8 nitrogen and oxygen atoms in total. The number of ether oxygens (including phenoxy) is 1. The summed E-state index contributed by atoms with van der Waals surface area (Å²) in [5.74, 6) is -1.24. The highest BCUT2D eigenvalue weighted by Gasteiger charge is 2.18. The molecule has 2 aromatic rings. The Labute approximate surface area is 165 Å². The molecular formula is C19H18N2O6S. The Kier molecular flexibility index (Phi) is 7.28. The molecule has 146 valence electrons. The van der Waals surface area contributed by atoms with Crippen molar-refractivity contribution >= 4 is 40.8 Å². The maximum atomic E-state index is 12.0. The van der Waals surface area contributed by atoms with Crippen molar-refractivity contribution in [2.45, 2.75) is 24.0 Å². The molecule has 0 radical (unpaired) electrons. The second-order valence-electron chi connectivity index (χ2n) is 5.80. The van der Waals surface area contributed by atoms with Gasteiger partial charge in [-0.25, -0.2) is 0 Å². The van der Waals surface area contributed by atoms with E-state index < -0.39 is 28.7 Å². The Morgan fingerprint density at radius 3 is 2.46 bits per heavy atom. The van der Waals surface area contributed by atoms with Crippen molar-refractivity contribution < 1.29 is 24.0 Å². The fourth-order valence-electron chi connectivity index (χ4n) is 2.17. The van der Waals surface area contributed by atoms with Crippen molar-refractivity contribution in [1.82, 2.24) is 0 Å². The summed E-state index contributed by atoms with van der Waals surface area (Å²) < 4.78 is 5.00. The Morgan fingerprint density at radius 2 is 1.86 bits per heavy atom.